The van der Waals surface area contributed by atoms with Gasteiger partial charge in [-0.3, -0.25) is 0 Å². The number of hydrogen-bond acceptors (Lipinski definition) is 2. The lowest BCUT2D eigenvalue weighted by Gasteiger charge is -2.36. The molecule has 0 heterocycles. The molecule has 2 aliphatic rings. The second-order valence-corrected chi connectivity index (χ2v) is 9.77. The normalized spacial score (nSPS) is 19.5. The van der Waals surface area contributed by atoms with E-state index in [9.17, 15) is 0 Å². The first kappa shape index (κ1) is 20.5. The molecule has 3 atom stereocenters. The molecule has 2 nitrogen and oxygen atoms in total. The predicted molar refractivity (Wildman–Crippen MR) is 130 cm³/mol. The molecule has 1 fully saturated rings. The number of benzene rings is 3. The van der Waals surface area contributed by atoms with E-state index in [0.29, 0.717) is 0 Å². The quantitative estimate of drug-likeness (QED) is 0.500. The van der Waals surface area contributed by atoms with Crippen molar-refractivity contribution in [3.63, 3.8) is 0 Å². The van der Waals surface area contributed by atoms with E-state index in [-0.39, 0.29) is 23.4 Å². The third kappa shape index (κ3) is 3.33. The summed E-state index contributed by atoms with van der Waals surface area (Å²) in [4.78, 5) is 0. The largest absolute Gasteiger partial charge is 0.324 e. The Kier molecular flexibility index (Phi) is 5.24. The number of fused-ring (bicyclic) bond motifs is 5. The molecular formula is C29H34N2. The van der Waals surface area contributed by atoms with Crippen LogP contribution >= 0.6 is 0 Å². The van der Waals surface area contributed by atoms with Crippen LogP contribution in [0.15, 0.2) is 66.7 Å². The first-order valence-electron chi connectivity index (χ1n) is 11.9. The van der Waals surface area contributed by atoms with E-state index in [1.165, 1.54) is 59.9 Å². The van der Waals surface area contributed by atoms with Gasteiger partial charge in [-0.25, -0.2) is 0 Å². The van der Waals surface area contributed by atoms with Crippen molar-refractivity contribution in [3.8, 4) is 11.1 Å². The molecule has 160 valence electrons. The first-order chi connectivity index (χ1) is 15.0. The second kappa shape index (κ2) is 7.93. The second-order valence-electron chi connectivity index (χ2n) is 9.77. The molecule has 3 aromatic rings. The van der Waals surface area contributed by atoms with Gasteiger partial charge in [-0.05, 0) is 58.7 Å². The van der Waals surface area contributed by atoms with Crippen molar-refractivity contribution in [1.82, 2.24) is 0 Å². The van der Waals surface area contributed by atoms with Gasteiger partial charge in [0.1, 0.15) is 0 Å². The van der Waals surface area contributed by atoms with E-state index < -0.39 is 0 Å². The summed E-state index contributed by atoms with van der Waals surface area (Å²) in [7, 11) is 0. The fourth-order valence-electron chi connectivity index (χ4n) is 6.00. The van der Waals surface area contributed by atoms with Crippen molar-refractivity contribution < 1.29 is 0 Å². The highest BCUT2D eigenvalue weighted by atomic mass is 14.7. The van der Waals surface area contributed by atoms with E-state index in [0.717, 1.165) is 5.56 Å². The summed E-state index contributed by atoms with van der Waals surface area (Å²) in [6.45, 7) is 4.29. The molecule has 31 heavy (non-hydrogen) atoms. The Balaban J connectivity index is 1.54. The van der Waals surface area contributed by atoms with Crippen molar-refractivity contribution in [2.45, 2.75) is 69.4 Å². The van der Waals surface area contributed by atoms with E-state index in [4.69, 9.17) is 11.5 Å². The van der Waals surface area contributed by atoms with Crippen LogP contribution in [0.2, 0.25) is 0 Å². The maximum Gasteiger partial charge on any atom is 0.0361 e. The third-order valence-electron chi connectivity index (χ3n) is 7.88. The lowest BCUT2D eigenvalue weighted by atomic mass is 9.67. The molecule has 2 aliphatic carbocycles. The van der Waals surface area contributed by atoms with Gasteiger partial charge in [-0.2, -0.15) is 0 Å². The van der Waals surface area contributed by atoms with E-state index in [2.05, 4.69) is 73.7 Å². The van der Waals surface area contributed by atoms with E-state index in [1.54, 1.807) is 5.56 Å². The summed E-state index contributed by atoms with van der Waals surface area (Å²) >= 11 is 0. The molecule has 0 amide bonds. The van der Waals surface area contributed by atoms with Crippen molar-refractivity contribution in [2.24, 2.45) is 11.5 Å². The third-order valence-corrected chi connectivity index (χ3v) is 7.88. The maximum absolute atomic E-state index is 6.80. The van der Waals surface area contributed by atoms with Crippen LogP contribution in [-0.4, -0.2) is 0 Å². The van der Waals surface area contributed by atoms with Gasteiger partial charge < -0.3 is 11.5 Å². The molecule has 0 saturated heterocycles. The highest BCUT2D eigenvalue weighted by molar-refractivity contribution is 5.81. The van der Waals surface area contributed by atoms with Gasteiger partial charge in [0.25, 0.3) is 0 Å². The fraction of sp³-hybridized carbons (Fsp3) is 0.379. The van der Waals surface area contributed by atoms with Crippen LogP contribution in [0.4, 0.5) is 0 Å². The summed E-state index contributed by atoms with van der Waals surface area (Å²) in [5.41, 5.74) is 22.7. The Bertz CT molecular complexity index is 1090. The molecule has 3 unspecified atom stereocenters. The Labute approximate surface area is 186 Å². The van der Waals surface area contributed by atoms with Gasteiger partial charge in [0, 0.05) is 23.4 Å². The van der Waals surface area contributed by atoms with Gasteiger partial charge >= 0.3 is 0 Å². The van der Waals surface area contributed by atoms with Crippen LogP contribution in [0.1, 0.15) is 91.8 Å². The predicted octanol–water partition coefficient (Wildman–Crippen LogP) is 6.74. The van der Waals surface area contributed by atoms with Crippen LogP contribution in [-0.2, 0) is 5.41 Å². The van der Waals surface area contributed by atoms with Crippen LogP contribution in [0.3, 0.4) is 0 Å². The fourth-order valence-corrected chi connectivity index (χ4v) is 6.00. The zero-order valence-corrected chi connectivity index (χ0v) is 18.8. The average Bonchev–Trinajstić information content (AvgIpc) is 3.08. The van der Waals surface area contributed by atoms with Gasteiger partial charge in [0.15, 0.2) is 0 Å². The van der Waals surface area contributed by atoms with Gasteiger partial charge in [-0.1, -0.05) is 92.9 Å². The van der Waals surface area contributed by atoms with Crippen LogP contribution in [0, 0.1) is 0 Å². The molecule has 1 spiro atoms. The minimum Gasteiger partial charge on any atom is -0.324 e. The van der Waals surface area contributed by atoms with E-state index >= 15 is 0 Å². The molecule has 0 bridgehead atoms. The smallest absolute Gasteiger partial charge is 0.0361 e. The molecule has 0 aliphatic heterocycles. The number of nitrogens with two attached hydrogens (primary N) is 2. The highest BCUT2D eigenvalue weighted by Gasteiger charge is 2.43. The monoisotopic (exact) mass is 410 g/mol. The minimum atomic E-state index is -0.0529. The Morgan fingerprint density at radius 2 is 1.39 bits per heavy atom. The standard InChI is InChI=1S/C29H34N2/c1-19(28(31)23-10-8-9-22(17-23)20(2)30)21-13-14-25-24-11-4-5-12-26(24)29(27(25)18-21)15-6-3-7-16-29/h4-5,8-14,17-20,28H,3,6-7,15-16,30-31H2,1-2H3. The molecular weight excluding hydrogens is 376 g/mol. The van der Waals surface area contributed by atoms with Crippen molar-refractivity contribution >= 4 is 0 Å². The Morgan fingerprint density at radius 3 is 2.16 bits per heavy atom. The van der Waals surface area contributed by atoms with E-state index in [1.807, 2.05) is 6.92 Å². The topological polar surface area (TPSA) is 52.0 Å². The van der Waals surface area contributed by atoms with Crippen molar-refractivity contribution in [1.29, 1.82) is 0 Å². The summed E-state index contributed by atoms with van der Waals surface area (Å²) < 4.78 is 0. The first-order valence-corrected chi connectivity index (χ1v) is 11.9. The van der Waals surface area contributed by atoms with Gasteiger partial charge in [0.2, 0.25) is 0 Å². The van der Waals surface area contributed by atoms with Crippen molar-refractivity contribution in [2.75, 3.05) is 0 Å². The summed E-state index contributed by atoms with van der Waals surface area (Å²) in [6.07, 6.45) is 6.51. The Hall–Kier alpha value is -2.42. The average molecular weight is 411 g/mol. The van der Waals surface area contributed by atoms with Gasteiger partial charge in [-0.15, -0.1) is 0 Å². The highest BCUT2D eigenvalue weighted by Crippen LogP contribution is 2.56. The summed E-state index contributed by atoms with van der Waals surface area (Å²) in [5, 5.41) is 0. The van der Waals surface area contributed by atoms with Crippen LogP contribution < -0.4 is 11.5 Å². The zero-order chi connectivity index (χ0) is 21.6. The lowest BCUT2D eigenvalue weighted by Crippen LogP contribution is -2.28. The van der Waals surface area contributed by atoms with Crippen LogP contribution in [0.5, 0.6) is 0 Å². The number of rotatable bonds is 4. The molecule has 3 aromatic carbocycles. The molecule has 4 N–H and O–H groups in total. The maximum atomic E-state index is 6.80. The van der Waals surface area contributed by atoms with Gasteiger partial charge in [0.05, 0.1) is 0 Å². The zero-order valence-electron chi connectivity index (χ0n) is 18.8. The number of hydrogen-bond donors (Lipinski definition) is 2. The van der Waals surface area contributed by atoms with Crippen LogP contribution in [0.25, 0.3) is 11.1 Å². The molecule has 1 saturated carbocycles. The minimum absolute atomic E-state index is 0.0205. The van der Waals surface area contributed by atoms with Crippen molar-refractivity contribution in [3.05, 3.63) is 94.5 Å². The SMILES string of the molecule is CC(N)c1cccc(C(N)C(C)c2ccc3c(c2)C2(CCCCC2)c2ccccc2-3)c1. The lowest BCUT2D eigenvalue weighted by molar-refractivity contribution is 0.352. The Morgan fingerprint density at radius 1 is 0.677 bits per heavy atom. The molecule has 0 radical (unpaired) electrons. The summed E-state index contributed by atoms with van der Waals surface area (Å²) in [5.74, 6) is 0.234. The molecule has 5 rings (SSSR count). The molecule has 0 aromatic heterocycles. The summed E-state index contributed by atoms with van der Waals surface area (Å²) in [6, 6.07) is 24.7. The molecule has 2 heteroatoms.